The molecule has 2 amide bonds. The van der Waals surface area contributed by atoms with E-state index < -0.39 is 23.7 Å². The third-order valence-electron chi connectivity index (χ3n) is 6.70. The Morgan fingerprint density at radius 3 is 2.24 bits per heavy atom. The molecule has 0 saturated heterocycles. The molecule has 2 aromatic carbocycles. The zero-order valence-electron chi connectivity index (χ0n) is 21.7. The van der Waals surface area contributed by atoms with E-state index in [0.29, 0.717) is 22.9 Å². The van der Waals surface area contributed by atoms with Crippen LogP contribution in [0.3, 0.4) is 0 Å². The van der Waals surface area contributed by atoms with Gasteiger partial charge in [0.1, 0.15) is 12.3 Å². The standard InChI is InChI=1S/C27H32N4O7/c1-36-21-11-7-6-10-19(21)29-25(33)16-31-20-15-23(38-3)22(37-2)14-18(20)26(34)30(27(31)35)13-12-24(32)28-17-8-4-5-9-17/h6-7,10-11,14-15,17H,4-5,8-9,12-13,16H2,1-3H3,(H,28,32)(H,29,33). The lowest BCUT2D eigenvalue weighted by atomic mass is 10.2. The van der Waals surface area contributed by atoms with Crippen molar-refractivity contribution in [3.8, 4) is 17.2 Å². The minimum Gasteiger partial charge on any atom is -0.495 e. The van der Waals surface area contributed by atoms with E-state index in [1.165, 1.54) is 38.0 Å². The molecule has 0 atom stereocenters. The van der Waals surface area contributed by atoms with Gasteiger partial charge in [-0.3, -0.25) is 23.5 Å². The van der Waals surface area contributed by atoms with Gasteiger partial charge in [0.25, 0.3) is 5.56 Å². The molecule has 1 heterocycles. The molecule has 4 rings (SSSR count). The van der Waals surface area contributed by atoms with Crippen molar-refractivity contribution in [1.82, 2.24) is 14.5 Å². The summed E-state index contributed by atoms with van der Waals surface area (Å²) in [4.78, 5) is 52.5. The predicted octanol–water partition coefficient (Wildman–Crippen LogP) is 2.28. The molecule has 1 fully saturated rings. The zero-order chi connectivity index (χ0) is 27.2. The average Bonchev–Trinajstić information content (AvgIpc) is 3.43. The maximum Gasteiger partial charge on any atom is 0.331 e. The molecule has 0 radical (unpaired) electrons. The summed E-state index contributed by atoms with van der Waals surface area (Å²) in [7, 11) is 4.36. The van der Waals surface area contributed by atoms with Gasteiger partial charge in [0.15, 0.2) is 11.5 Å². The van der Waals surface area contributed by atoms with Gasteiger partial charge in [-0.15, -0.1) is 0 Å². The molecule has 11 heteroatoms. The minimum atomic E-state index is -0.710. The Labute approximate surface area is 219 Å². The van der Waals surface area contributed by atoms with Gasteiger partial charge < -0.3 is 24.8 Å². The first-order valence-electron chi connectivity index (χ1n) is 12.5. The normalized spacial score (nSPS) is 13.3. The molecule has 0 unspecified atom stereocenters. The average molecular weight is 525 g/mol. The molecule has 0 bridgehead atoms. The minimum absolute atomic E-state index is 0.0438. The van der Waals surface area contributed by atoms with E-state index in [-0.39, 0.29) is 35.8 Å². The van der Waals surface area contributed by atoms with Crippen LogP contribution in [0.2, 0.25) is 0 Å². The quantitative estimate of drug-likeness (QED) is 0.416. The number of methoxy groups -OCH3 is 3. The van der Waals surface area contributed by atoms with E-state index in [1.54, 1.807) is 24.3 Å². The van der Waals surface area contributed by atoms with Crippen LogP contribution in [0.15, 0.2) is 46.0 Å². The lowest BCUT2D eigenvalue weighted by Gasteiger charge is -2.17. The Balaban J connectivity index is 1.71. The first-order valence-corrected chi connectivity index (χ1v) is 12.5. The topological polar surface area (TPSA) is 130 Å². The number of hydrogen-bond donors (Lipinski definition) is 2. The smallest absolute Gasteiger partial charge is 0.331 e. The second-order valence-corrected chi connectivity index (χ2v) is 9.10. The summed E-state index contributed by atoms with van der Waals surface area (Å²) < 4.78 is 18.2. The Hall–Kier alpha value is -4.28. The number of rotatable bonds is 10. The molecule has 38 heavy (non-hydrogen) atoms. The number of anilines is 1. The molecule has 1 aliphatic rings. The number of amides is 2. The Bertz CT molecular complexity index is 1450. The maximum atomic E-state index is 13.5. The number of aromatic nitrogens is 2. The molecule has 1 saturated carbocycles. The number of nitrogens with zero attached hydrogens (tertiary/aromatic N) is 2. The Morgan fingerprint density at radius 2 is 1.55 bits per heavy atom. The number of ether oxygens (including phenoxy) is 3. The van der Waals surface area contributed by atoms with Crippen molar-refractivity contribution in [1.29, 1.82) is 0 Å². The molecule has 0 aliphatic heterocycles. The zero-order valence-corrected chi connectivity index (χ0v) is 21.7. The van der Waals surface area contributed by atoms with Crippen molar-refractivity contribution in [3.63, 3.8) is 0 Å². The van der Waals surface area contributed by atoms with E-state index in [1.807, 2.05) is 0 Å². The number of para-hydroxylation sites is 2. The summed E-state index contributed by atoms with van der Waals surface area (Å²) >= 11 is 0. The van der Waals surface area contributed by atoms with Crippen LogP contribution in [-0.4, -0.2) is 48.3 Å². The van der Waals surface area contributed by atoms with Gasteiger partial charge in [0.05, 0.1) is 37.9 Å². The van der Waals surface area contributed by atoms with Crippen molar-refractivity contribution in [3.05, 3.63) is 57.2 Å². The van der Waals surface area contributed by atoms with Gasteiger partial charge in [0.2, 0.25) is 11.8 Å². The van der Waals surface area contributed by atoms with Gasteiger partial charge in [-0.1, -0.05) is 25.0 Å². The highest BCUT2D eigenvalue weighted by molar-refractivity contribution is 5.93. The summed E-state index contributed by atoms with van der Waals surface area (Å²) in [5.41, 5.74) is -0.646. The van der Waals surface area contributed by atoms with Crippen LogP contribution in [0.25, 0.3) is 10.9 Å². The summed E-state index contributed by atoms with van der Waals surface area (Å²) in [6.45, 7) is -0.522. The second kappa shape index (κ2) is 11.8. The molecule has 202 valence electrons. The number of hydrogen-bond acceptors (Lipinski definition) is 7. The molecular formula is C27H32N4O7. The van der Waals surface area contributed by atoms with Crippen LogP contribution < -0.4 is 36.1 Å². The molecular weight excluding hydrogens is 492 g/mol. The third-order valence-corrected chi connectivity index (χ3v) is 6.70. The van der Waals surface area contributed by atoms with Crippen molar-refractivity contribution in [2.24, 2.45) is 0 Å². The number of benzene rings is 2. The number of fused-ring (bicyclic) bond motifs is 1. The Kier molecular flexibility index (Phi) is 8.35. The fraction of sp³-hybridized carbons (Fsp3) is 0.407. The van der Waals surface area contributed by atoms with Crippen molar-refractivity contribution >= 4 is 28.4 Å². The lowest BCUT2D eigenvalue weighted by Crippen LogP contribution is -2.43. The van der Waals surface area contributed by atoms with E-state index in [2.05, 4.69) is 10.6 Å². The largest absolute Gasteiger partial charge is 0.495 e. The molecule has 0 spiro atoms. The number of carbonyl (C=O) groups excluding carboxylic acids is 2. The van der Waals surface area contributed by atoms with Gasteiger partial charge in [-0.05, 0) is 31.0 Å². The first kappa shape index (κ1) is 26.8. The van der Waals surface area contributed by atoms with E-state index >= 15 is 0 Å². The fourth-order valence-corrected chi connectivity index (χ4v) is 4.76. The van der Waals surface area contributed by atoms with Gasteiger partial charge in [0, 0.05) is 25.1 Å². The Morgan fingerprint density at radius 1 is 0.895 bits per heavy atom. The lowest BCUT2D eigenvalue weighted by molar-refractivity contribution is -0.122. The van der Waals surface area contributed by atoms with Gasteiger partial charge in [-0.2, -0.15) is 0 Å². The van der Waals surface area contributed by atoms with Crippen LogP contribution in [-0.2, 0) is 22.7 Å². The number of carbonyl (C=O) groups is 2. The summed E-state index contributed by atoms with van der Waals surface area (Å²) in [5.74, 6) is 0.327. The maximum absolute atomic E-state index is 13.5. The summed E-state index contributed by atoms with van der Waals surface area (Å²) in [5, 5.41) is 5.87. The fourth-order valence-electron chi connectivity index (χ4n) is 4.76. The predicted molar refractivity (Wildman–Crippen MR) is 142 cm³/mol. The second-order valence-electron chi connectivity index (χ2n) is 9.10. The van der Waals surface area contributed by atoms with Gasteiger partial charge in [-0.25, -0.2) is 4.79 Å². The molecule has 2 N–H and O–H groups in total. The van der Waals surface area contributed by atoms with Crippen LogP contribution >= 0.6 is 0 Å². The van der Waals surface area contributed by atoms with E-state index in [9.17, 15) is 19.2 Å². The monoisotopic (exact) mass is 524 g/mol. The van der Waals surface area contributed by atoms with Crippen LogP contribution in [0.5, 0.6) is 17.2 Å². The number of nitrogens with one attached hydrogen (secondary N) is 2. The highest BCUT2D eigenvalue weighted by Gasteiger charge is 2.21. The van der Waals surface area contributed by atoms with E-state index in [4.69, 9.17) is 14.2 Å². The van der Waals surface area contributed by atoms with Crippen molar-refractivity contribution in [2.45, 2.75) is 51.2 Å². The molecule has 1 aromatic heterocycles. The molecule has 1 aliphatic carbocycles. The van der Waals surface area contributed by atoms with Crippen LogP contribution in [0, 0.1) is 0 Å². The van der Waals surface area contributed by atoms with Crippen LogP contribution in [0.1, 0.15) is 32.1 Å². The van der Waals surface area contributed by atoms with E-state index in [0.717, 1.165) is 30.3 Å². The van der Waals surface area contributed by atoms with Gasteiger partial charge >= 0.3 is 5.69 Å². The SMILES string of the molecule is COc1ccccc1NC(=O)Cn1c(=O)n(CCC(=O)NC2CCCC2)c(=O)c2cc(OC)c(OC)cc21. The highest BCUT2D eigenvalue weighted by Crippen LogP contribution is 2.30. The highest BCUT2D eigenvalue weighted by atomic mass is 16.5. The van der Waals surface area contributed by atoms with Crippen LogP contribution in [0.4, 0.5) is 5.69 Å². The third kappa shape index (κ3) is 5.66. The summed E-state index contributed by atoms with van der Waals surface area (Å²) in [6.07, 6.45) is 3.96. The first-order chi connectivity index (χ1) is 18.4. The molecule has 3 aromatic rings. The van der Waals surface area contributed by atoms with Crippen molar-refractivity contribution < 1.29 is 23.8 Å². The van der Waals surface area contributed by atoms with Crippen molar-refractivity contribution in [2.75, 3.05) is 26.6 Å². The summed E-state index contributed by atoms with van der Waals surface area (Å²) in [6, 6.07) is 9.98. The molecule has 11 nitrogen and oxygen atoms in total.